The zero-order valence-electron chi connectivity index (χ0n) is 13.1. The Morgan fingerprint density at radius 3 is 2.71 bits per heavy atom. The molecule has 0 unspecified atom stereocenters. The molecule has 0 bridgehead atoms. The van der Waals surface area contributed by atoms with Gasteiger partial charge >= 0.3 is 6.03 Å². The number of aromatic nitrogens is 1. The van der Waals surface area contributed by atoms with Gasteiger partial charge in [0.15, 0.2) is 0 Å². The number of aliphatic hydroxyl groups is 1. The summed E-state index contributed by atoms with van der Waals surface area (Å²) in [5.41, 5.74) is 0.843. The minimum absolute atomic E-state index is 0.0917. The van der Waals surface area contributed by atoms with Crippen molar-refractivity contribution in [3.63, 3.8) is 0 Å². The van der Waals surface area contributed by atoms with Crippen molar-refractivity contribution in [3.8, 4) is 0 Å². The molecule has 0 aliphatic heterocycles. The fourth-order valence-electron chi connectivity index (χ4n) is 1.87. The third-order valence-corrected chi connectivity index (χ3v) is 2.75. The Balaban J connectivity index is 2.36. The summed E-state index contributed by atoms with van der Waals surface area (Å²) in [6.45, 7) is 8.38. The van der Waals surface area contributed by atoms with Crippen molar-refractivity contribution in [2.75, 3.05) is 26.2 Å². The third-order valence-electron chi connectivity index (χ3n) is 2.75. The van der Waals surface area contributed by atoms with E-state index in [9.17, 15) is 4.79 Å². The molecule has 0 fully saturated rings. The zero-order valence-corrected chi connectivity index (χ0v) is 13.1. The second kappa shape index (κ2) is 8.59. The Hall–Kier alpha value is -1.66. The molecular formula is C15H26N4O2. The number of nitrogens with zero attached hydrogens (tertiary/aromatic N) is 2. The minimum Gasteiger partial charge on any atom is -0.395 e. The van der Waals surface area contributed by atoms with Crippen molar-refractivity contribution in [1.29, 1.82) is 0 Å². The Labute approximate surface area is 126 Å². The van der Waals surface area contributed by atoms with Crippen LogP contribution in [0.5, 0.6) is 0 Å². The van der Waals surface area contributed by atoms with Gasteiger partial charge in [-0.25, -0.2) is 4.79 Å². The molecule has 0 atom stereocenters. The van der Waals surface area contributed by atoms with Gasteiger partial charge in [-0.3, -0.25) is 9.88 Å². The number of pyridine rings is 1. The number of rotatable bonds is 7. The lowest BCUT2D eigenvalue weighted by Gasteiger charge is -2.23. The maximum absolute atomic E-state index is 11.7. The molecule has 0 spiro atoms. The summed E-state index contributed by atoms with van der Waals surface area (Å²) in [6.07, 6.45) is 3.54. The number of hydrogen-bond donors (Lipinski definition) is 3. The molecule has 118 valence electrons. The van der Waals surface area contributed by atoms with E-state index in [4.69, 9.17) is 5.11 Å². The van der Waals surface area contributed by atoms with E-state index in [1.165, 1.54) is 0 Å². The van der Waals surface area contributed by atoms with Crippen LogP contribution in [0.1, 0.15) is 26.3 Å². The van der Waals surface area contributed by atoms with E-state index < -0.39 is 0 Å². The van der Waals surface area contributed by atoms with Gasteiger partial charge in [0.1, 0.15) is 0 Å². The van der Waals surface area contributed by atoms with E-state index >= 15 is 0 Å². The molecule has 21 heavy (non-hydrogen) atoms. The van der Waals surface area contributed by atoms with E-state index in [1.807, 2.05) is 39.1 Å². The molecule has 0 aliphatic carbocycles. The van der Waals surface area contributed by atoms with E-state index in [-0.39, 0.29) is 18.2 Å². The number of hydrogen-bond acceptors (Lipinski definition) is 4. The number of aliphatic hydroxyl groups excluding tert-OH is 1. The maximum atomic E-state index is 11.7. The number of carbonyl (C=O) groups excluding carboxylic acids is 1. The summed E-state index contributed by atoms with van der Waals surface area (Å²) < 4.78 is 0. The first-order valence-electron chi connectivity index (χ1n) is 7.19. The summed E-state index contributed by atoms with van der Waals surface area (Å²) in [6, 6.07) is 3.71. The van der Waals surface area contributed by atoms with Crippen LogP contribution in [0.2, 0.25) is 0 Å². The number of nitrogens with one attached hydrogen (secondary N) is 2. The van der Waals surface area contributed by atoms with Crippen molar-refractivity contribution in [2.24, 2.45) is 0 Å². The molecule has 1 aromatic rings. The Bertz CT molecular complexity index is 417. The Kier molecular flexibility index (Phi) is 7.11. The molecule has 6 nitrogen and oxygen atoms in total. The van der Waals surface area contributed by atoms with Gasteiger partial charge in [0.25, 0.3) is 0 Å². The average molecular weight is 294 g/mol. The van der Waals surface area contributed by atoms with Crippen LogP contribution >= 0.6 is 0 Å². The highest BCUT2D eigenvalue weighted by Crippen LogP contribution is 2.02. The van der Waals surface area contributed by atoms with Gasteiger partial charge in [-0.2, -0.15) is 0 Å². The van der Waals surface area contributed by atoms with Crippen LogP contribution in [-0.4, -0.2) is 52.8 Å². The molecule has 0 saturated heterocycles. The summed E-state index contributed by atoms with van der Waals surface area (Å²) in [5.74, 6) is 0. The Morgan fingerprint density at radius 2 is 2.14 bits per heavy atom. The topological polar surface area (TPSA) is 77.5 Å². The van der Waals surface area contributed by atoms with Crippen LogP contribution in [0.15, 0.2) is 24.5 Å². The van der Waals surface area contributed by atoms with Gasteiger partial charge in [0.2, 0.25) is 0 Å². The monoisotopic (exact) mass is 294 g/mol. The lowest BCUT2D eigenvalue weighted by atomic mass is 10.1. The van der Waals surface area contributed by atoms with E-state index in [0.717, 1.165) is 5.56 Å². The van der Waals surface area contributed by atoms with Gasteiger partial charge in [0.05, 0.1) is 6.61 Å². The van der Waals surface area contributed by atoms with Crippen LogP contribution in [0.25, 0.3) is 0 Å². The highest BCUT2D eigenvalue weighted by Gasteiger charge is 2.13. The molecule has 3 N–H and O–H groups in total. The molecule has 1 aromatic heterocycles. The fourth-order valence-corrected chi connectivity index (χ4v) is 1.87. The van der Waals surface area contributed by atoms with Crippen molar-refractivity contribution >= 4 is 6.03 Å². The quantitative estimate of drug-likeness (QED) is 0.700. The highest BCUT2D eigenvalue weighted by molar-refractivity contribution is 5.74. The largest absolute Gasteiger partial charge is 0.395 e. The van der Waals surface area contributed by atoms with Crippen molar-refractivity contribution in [3.05, 3.63) is 30.1 Å². The summed E-state index contributed by atoms with van der Waals surface area (Å²) in [5, 5.41) is 14.8. The average Bonchev–Trinajstić information content (AvgIpc) is 2.38. The molecule has 0 aliphatic rings. The summed E-state index contributed by atoms with van der Waals surface area (Å²) >= 11 is 0. The van der Waals surface area contributed by atoms with Crippen molar-refractivity contribution in [2.45, 2.75) is 32.9 Å². The number of amides is 2. The maximum Gasteiger partial charge on any atom is 0.315 e. The minimum atomic E-state index is -0.245. The SMILES string of the molecule is CC(C)(C)NC(=O)NCCN(CCO)Cc1cccnc1. The van der Waals surface area contributed by atoms with Gasteiger partial charge < -0.3 is 15.7 Å². The molecule has 0 aromatic carbocycles. The second-order valence-electron chi connectivity index (χ2n) is 5.99. The van der Waals surface area contributed by atoms with Gasteiger partial charge in [0, 0.05) is 44.1 Å². The van der Waals surface area contributed by atoms with E-state index in [2.05, 4.69) is 20.5 Å². The first-order valence-corrected chi connectivity index (χ1v) is 7.19. The number of carbonyl (C=O) groups is 1. The standard InChI is InChI=1S/C15H26N4O2/c1-15(2,3)18-14(21)17-7-8-19(9-10-20)12-13-5-4-6-16-11-13/h4-6,11,20H,7-10,12H2,1-3H3,(H2,17,18,21). The first kappa shape index (κ1) is 17.4. The smallest absolute Gasteiger partial charge is 0.315 e. The molecular weight excluding hydrogens is 268 g/mol. The Morgan fingerprint density at radius 1 is 1.38 bits per heavy atom. The molecule has 0 radical (unpaired) electrons. The number of urea groups is 1. The van der Waals surface area contributed by atoms with Gasteiger partial charge in [-0.1, -0.05) is 6.07 Å². The predicted molar refractivity (Wildman–Crippen MR) is 82.9 cm³/mol. The van der Waals surface area contributed by atoms with Crippen LogP contribution in [0.3, 0.4) is 0 Å². The van der Waals surface area contributed by atoms with Gasteiger partial charge in [-0.05, 0) is 32.4 Å². The van der Waals surface area contributed by atoms with Gasteiger partial charge in [-0.15, -0.1) is 0 Å². The van der Waals surface area contributed by atoms with Crippen LogP contribution in [0, 0.1) is 0 Å². The van der Waals surface area contributed by atoms with Crippen LogP contribution < -0.4 is 10.6 Å². The summed E-state index contributed by atoms with van der Waals surface area (Å²) in [4.78, 5) is 17.8. The third kappa shape index (κ3) is 8.27. The lowest BCUT2D eigenvalue weighted by Crippen LogP contribution is -2.48. The summed E-state index contributed by atoms with van der Waals surface area (Å²) in [7, 11) is 0. The molecule has 2 amide bonds. The van der Waals surface area contributed by atoms with E-state index in [0.29, 0.717) is 26.2 Å². The van der Waals surface area contributed by atoms with Crippen LogP contribution in [0.4, 0.5) is 4.79 Å². The molecule has 1 rings (SSSR count). The normalized spacial score (nSPS) is 11.5. The molecule has 0 saturated carbocycles. The zero-order chi connectivity index (χ0) is 15.7. The highest BCUT2D eigenvalue weighted by atomic mass is 16.3. The van der Waals surface area contributed by atoms with Crippen LogP contribution in [-0.2, 0) is 6.54 Å². The lowest BCUT2D eigenvalue weighted by molar-refractivity contribution is 0.189. The fraction of sp³-hybridized carbons (Fsp3) is 0.600. The predicted octanol–water partition coefficient (Wildman–Crippen LogP) is 0.974. The second-order valence-corrected chi connectivity index (χ2v) is 5.99. The van der Waals surface area contributed by atoms with E-state index in [1.54, 1.807) is 6.20 Å². The first-order chi connectivity index (χ1) is 9.90. The van der Waals surface area contributed by atoms with Crippen molar-refractivity contribution in [1.82, 2.24) is 20.5 Å². The van der Waals surface area contributed by atoms with Crippen molar-refractivity contribution < 1.29 is 9.90 Å². The molecule has 6 heteroatoms. The molecule has 1 heterocycles.